The van der Waals surface area contributed by atoms with Gasteiger partial charge in [0.15, 0.2) is 0 Å². The predicted octanol–water partition coefficient (Wildman–Crippen LogP) is 0.571. The Morgan fingerprint density at radius 3 is 2.57 bits per heavy atom. The standard InChI is InChI=1S/C11H22N2O/c1-10(14)7-11(12,8-10)9-4-3-5-13(2)6-9/h9,14H,3-8,12H2,1-2H3. The molecule has 2 rings (SSSR count). The van der Waals surface area contributed by atoms with Crippen molar-refractivity contribution in [1.82, 2.24) is 4.90 Å². The number of piperidine rings is 1. The van der Waals surface area contributed by atoms with E-state index in [9.17, 15) is 5.11 Å². The highest BCUT2D eigenvalue weighted by molar-refractivity contribution is 5.10. The molecule has 0 aromatic rings. The van der Waals surface area contributed by atoms with Gasteiger partial charge in [-0.3, -0.25) is 0 Å². The molecule has 14 heavy (non-hydrogen) atoms. The molecule has 1 saturated carbocycles. The molecule has 1 aliphatic heterocycles. The molecule has 1 atom stereocenters. The number of nitrogens with zero attached hydrogens (tertiary/aromatic N) is 1. The summed E-state index contributed by atoms with van der Waals surface area (Å²) in [5.74, 6) is 0.585. The summed E-state index contributed by atoms with van der Waals surface area (Å²) in [7, 11) is 2.16. The fraction of sp³-hybridized carbons (Fsp3) is 1.00. The molecule has 1 saturated heterocycles. The van der Waals surface area contributed by atoms with Crippen molar-refractivity contribution >= 4 is 0 Å². The number of nitrogens with two attached hydrogens (primary N) is 1. The second-order valence-corrected chi connectivity index (χ2v) is 5.69. The molecule has 0 bridgehead atoms. The van der Waals surface area contributed by atoms with Crippen molar-refractivity contribution < 1.29 is 5.11 Å². The fourth-order valence-electron chi connectivity index (χ4n) is 3.29. The lowest BCUT2D eigenvalue weighted by Crippen LogP contribution is -2.66. The molecule has 2 aliphatic rings. The van der Waals surface area contributed by atoms with Crippen molar-refractivity contribution in [3.8, 4) is 0 Å². The first kappa shape index (κ1) is 10.4. The van der Waals surface area contributed by atoms with E-state index in [-0.39, 0.29) is 5.54 Å². The highest BCUT2D eigenvalue weighted by Crippen LogP contribution is 2.46. The number of hydrogen-bond acceptors (Lipinski definition) is 3. The summed E-state index contributed by atoms with van der Waals surface area (Å²) in [4.78, 5) is 2.36. The van der Waals surface area contributed by atoms with Gasteiger partial charge in [-0.05, 0) is 52.1 Å². The van der Waals surface area contributed by atoms with Crippen LogP contribution in [-0.2, 0) is 0 Å². The second kappa shape index (κ2) is 3.19. The van der Waals surface area contributed by atoms with Crippen molar-refractivity contribution in [2.24, 2.45) is 11.7 Å². The zero-order chi connectivity index (χ0) is 10.4. The minimum atomic E-state index is -0.495. The Bertz CT molecular complexity index is 219. The van der Waals surface area contributed by atoms with Gasteiger partial charge in [-0.2, -0.15) is 0 Å². The summed E-state index contributed by atoms with van der Waals surface area (Å²) in [6, 6.07) is 0. The van der Waals surface area contributed by atoms with Crippen LogP contribution in [0.3, 0.4) is 0 Å². The molecule has 0 aromatic carbocycles. The monoisotopic (exact) mass is 198 g/mol. The SMILES string of the molecule is CN1CCCC(C2(N)CC(C)(O)C2)C1. The van der Waals surface area contributed by atoms with Gasteiger partial charge in [0.2, 0.25) is 0 Å². The lowest BCUT2D eigenvalue weighted by atomic mass is 9.59. The van der Waals surface area contributed by atoms with Crippen LogP contribution in [0.25, 0.3) is 0 Å². The Hall–Kier alpha value is -0.120. The zero-order valence-corrected chi connectivity index (χ0v) is 9.29. The molecular formula is C11H22N2O. The summed E-state index contributed by atoms with van der Waals surface area (Å²) >= 11 is 0. The lowest BCUT2D eigenvalue weighted by molar-refractivity contribution is -0.101. The molecule has 1 heterocycles. The molecule has 0 amide bonds. The molecule has 1 unspecified atom stereocenters. The van der Waals surface area contributed by atoms with Crippen LogP contribution in [0.2, 0.25) is 0 Å². The Balaban J connectivity index is 1.95. The van der Waals surface area contributed by atoms with Crippen LogP contribution in [0.4, 0.5) is 0 Å². The zero-order valence-electron chi connectivity index (χ0n) is 9.29. The molecule has 3 nitrogen and oxygen atoms in total. The van der Waals surface area contributed by atoms with E-state index in [2.05, 4.69) is 11.9 Å². The molecule has 3 N–H and O–H groups in total. The van der Waals surface area contributed by atoms with E-state index >= 15 is 0 Å². The van der Waals surface area contributed by atoms with Crippen LogP contribution in [0.15, 0.2) is 0 Å². The van der Waals surface area contributed by atoms with Gasteiger partial charge >= 0.3 is 0 Å². The minimum Gasteiger partial charge on any atom is -0.390 e. The summed E-state index contributed by atoms with van der Waals surface area (Å²) in [6.07, 6.45) is 4.04. The third-order valence-electron chi connectivity index (χ3n) is 3.86. The molecule has 2 fully saturated rings. The van der Waals surface area contributed by atoms with Crippen molar-refractivity contribution in [2.75, 3.05) is 20.1 Å². The van der Waals surface area contributed by atoms with Crippen LogP contribution in [0.1, 0.15) is 32.6 Å². The van der Waals surface area contributed by atoms with E-state index in [4.69, 9.17) is 5.73 Å². The van der Waals surface area contributed by atoms with Gasteiger partial charge in [0, 0.05) is 12.1 Å². The first-order chi connectivity index (χ1) is 6.41. The molecule has 82 valence electrons. The van der Waals surface area contributed by atoms with E-state index in [1.807, 2.05) is 6.92 Å². The molecule has 0 aromatic heterocycles. The third kappa shape index (κ3) is 1.81. The van der Waals surface area contributed by atoms with Gasteiger partial charge in [0.05, 0.1) is 5.60 Å². The van der Waals surface area contributed by atoms with Gasteiger partial charge in [0.25, 0.3) is 0 Å². The molecule has 3 heteroatoms. The van der Waals surface area contributed by atoms with E-state index in [0.717, 1.165) is 19.4 Å². The van der Waals surface area contributed by atoms with Gasteiger partial charge in [-0.25, -0.2) is 0 Å². The average molecular weight is 198 g/mol. The molecule has 1 aliphatic carbocycles. The number of likely N-dealkylation sites (tertiary alicyclic amines) is 1. The molecule has 0 spiro atoms. The van der Waals surface area contributed by atoms with Crippen molar-refractivity contribution in [3.63, 3.8) is 0 Å². The Morgan fingerprint density at radius 2 is 2.07 bits per heavy atom. The van der Waals surface area contributed by atoms with E-state index < -0.39 is 5.60 Å². The Morgan fingerprint density at radius 1 is 1.43 bits per heavy atom. The summed E-state index contributed by atoms with van der Waals surface area (Å²) in [5, 5.41) is 9.75. The average Bonchev–Trinajstić information content (AvgIpc) is 2.00. The maximum absolute atomic E-state index is 9.75. The van der Waals surface area contributed by atoms with Crippen molar-refractivity contribution in [1.29, 1.82) is 0 Å². The minimum absolute atomic E-state index is 0.0851. The first-order valence-corrected chi connectivity index (χ1v) is 5.61. The number of rotatable bonds is 1. The molecular weight excluding hydrogens is 176 g/mol. The maximum atomic E-state index is 9.75. The maximum Gasteiger partial charge on any atom is 0.0655 e. The van der Waals surface area contributed by atoms with Gasteiger partial charge in [-0.15, -0.1) is 0 Å². The van der Waals surface area contributed by atoms with Gasteiger partial charge in [-0.1, -0.05) is 0 Å². The van der Waals surface area contributed by atoms with E-state index in [0.29, 0.717) is 5.92 Å². The van der Waals surface area contributed by atoms with Gasteiger partial charge in [0.1, 0.15) is 0 Å². The lowest BCUT2D eigenvalue weighted by Gasteiger charge is -2.55. The Labute approximate surface area is 86.3 Å². The van der Waals surface area contributed by atoms with Crippen LogP contribution in [0, 0.1) is 5.92 Å². The first-order valence-electron chi connectivity index (χ1n) is 5.61. The fourth-order valence-corrected chi connectivity index (χ4v) is 3.29. The van der Waals surface area contributed by atoms with Gasteiger partial charge < -0.3 is 15.7 Å². The van der Waals surface area contributed by atoms with Crippen LogP contribution >= 0.6 is 0 Å². The predicted molar refractivity (Wildman–Crippen MR) is 57.0 cm³/mol. The largest absolute Gasteiger partial charge is 0.390 e. The van der Waals surface area contributed by atoms with E-state index in [1.165, 1.54) is 19.4 Å². The summed E-state index contributed by atoms with van der Waals surface area (Å²) in [5.41, 5.74) is 5.75. The second-order valence-electron chi connectivity index (χ2n) is 5.69. The smallest absolute Gasteiger partial charge is 0.0655 e. The normalized spacial score (nSPS) is 50.1. The highest BCUT2D eigenvalue weighted by Gasteiger charge is 2.52. The van der Waals surface area contributed by atoms with Crippen molar-refractivity contribution in [2.45, 2.75) is 43.7 Å². The number of aliphatic hydroxyl groups is 1. The van der Waals surface area contributed by atoms with Crippen molar-refractivity contribution in [3.05, 3.63) is 0 Å². The summed E-state index contributed by atoms with van der Waals surface area (Å²) in [6.45, 7) is 4.19. The quantitative estimate of drug-likeness (QED) is 0.647. The highest BCUT2D eigenvalue weighted by atomic mass is 16.3. The third-order valence-corrected chi connectivity index (χ3v) is 3.86. The topological polar surface area (TPSA) is 49.5 Å². The molecule has 0 radical (unpaired) electrons. The van der Waals surface area contributed by atoms with Crippen LogP contribution < -0.4 is 5.73 Å². The summed E-state index contributed by atoms with van der Waals surface area (Å²) < 4.78 is 0. The van der Waals surface area contributed by atoms with E-state index in [1.54, 1.807) is 0 Å². The Kier molecular flexibility index (Phi) is 2.37. The van der Waals surface area contributed by atoms with Crippen LogP contribution in [0.5, 0.6) is 0 Å². The van der Waals surface area contributed by atoms with Crippen LogP contribution in [-0.4, -0.2) is 41.3 Å². The number of hydrogen-bond donors (Lipinski definition) is 2.